The number of thiophene rings is 1. The number of nitrogens with zero attached hydrogens (tertiary/aromatic N) is 2. The number of hydrogen-bond acceptors (Lipinski definition) is 4. The van der Waals surface area contributed by atoms with E-state index in [-0.39, 0.29) is 12.5 Å². The molecule has 0 saturated heterocycles. The second kappa shape index (κ2) is 7.07. The molecular formula is C15H17N3O2S. The molecule has 0 radical (unpaired) electrons. The number of aliphatic hydroxyl groups excluding tert-OH is 1. The van der Waals surface area contributed by atoms with E-state index in [0.29, 0.717) is 12.2 Å². The molecular weight excluding hydrogens is 286 g/mol. The van der Waals surface area contributed by atoms with Gasteiger partial charge >= 0.3 is 0 Å². The summed E-state index contributed by atoms with van der Waals surface area (Å²) in [7, 11) is 1.77. The van der Waals surface area contributed by atoms with E-state index in [1.54, 1.807) is 11.7 Å². The van der Waals surface area contributed by atoms with Gasteiger partial charge in [0.05, 0.1) is 12.2 Å². The second-order valence-electron chi connectivity index (χ2n) is 4.44. The molecule has 0 spiro atoms. The first-order valence-corrected chi connectivity index (χ1v) is 7.50. The maximum atomic E-state index is 12.1. The predicted octanol–water partition coefficient (Wildman–Crippen LogP) is 1.32. The Hall–Kier alpha value is -2.10. The van der Waals surface area contributed by atoms with Crippen LogP contribution >= 0.6 is 11.3 Å². The lowest BCUT2D eigenvalue weighted by Gasteiger charge is -2.03. The number of carbonyl (C=O) groups excluding carboxylic acids is 1. The minimum atomic E-state index is -0.151. The zero-order chi connectivity index (χ0) is 15.2. The Labute approximate surface area is 127 Å². The summed E-state index contributed by atoms with van der Waals surface area (Å²) in [4.78, 5) is 13.1. The van der Waals surface area contributed by atoms with Gasteiger partial charge in [-0.3, -0.25) is 9.48 Å². The van der Waals surface area contributed by atoms with Crippen molar-refractivity contribution in [1.82, 2.24) is 15.1 Å². The molecule has 2 rings (SSSR count). The van der Waals surface area contributed by atoms with Crippen molar-refractivity contribution in [3.05, 3.63) is 39.3 Å². The first-order chi connectivity index (χ1) is 10.1. The van der Waals surface area contributed by atoms with Crippen LogP contribution in [0.2, 0.25) is 0 Å². The molecule has 0 aliphatic heterocycles. The Morgan fingerprint density at radius 3 is 3.00 bits per heavy atom. The van der Waals surface area contributed by atoms with Gasteiger partial charge in [-0.05, 0) is 18.6 Å². The second-order valence-corrected chi connectivity index (χ2v) is 5.44. The fourth-order valence-electron chi connectivity index (χ4n) is 1.85. The number of carbonyl (C=O) groups is 1. The zero-order valence-corrected chi connectivity index (χ0v) is 12.8. The lowest BCUT2D eigenvalue weighted by Crippen LogP contribution is -2.24. The summed E-state index contributed by atoms with van der Waals surface area (Å²) in [6.45, 7) is 2.31. The standard InChI is InChI=1S/C15H17N3O2S/c1-3-12-8-14(18(2)17-12)15(20)16-9-13-7-11(10-21-13)5-4-6-19/h7-8,10,19H,3,6,9H2,1-2H3,(H,16,20). The van der Waals surface area contributed by atoms with Crippen molar-refractivity contribution in [2.24, 2.45) is 7.05 Å². The van der Waals surface area contributed by atoms with Crippen LogP contribution in [0, 0.1) is 11.8 Å². The largest absolute Gasteiger partial charge is 0.384 e. The summed E-state index contributed by atoms with van der Waals surface area (Å²) in [6, 6.07) is 3.72. The van der Waals surface area contributed by atoms with E-state index in [0.717, 1.165) is 22.6 Å². The van der Waals surface area contributed by atoms with Crippen molar-refractivity contribution in [3.63, 3.8) is 0 Å². The van der Waals surface area contributed by atoms with Crippen molar-refractivity contribution in [1.29, 1.82) is 0 Å². The van der Waals surface area contributed by atoms with Crippen molar-refractivity contribution >= 4 is 17.2 Å². The number of amides is 1. The number of rotatable bonds is 4. The van der Waals surface area contributed by atoms with Crippen LogP contribution in [-0.2, 0) is 20.0 Å². The molecule has 0 unspecified atom stereocenters. The SMILES string of the molecule is CCc1cc(C(=O)NCc2cc(C#CCO)cs2)n(C)n1. The van der Waals surface area contributed by atoms with Crippen LogP contribution in [0.4, 0.5) is 0 Å². The van der Waals surface area contributed by atoms with Crippen LogP contribution in [0.1, 0.15) is 33.5 Å². The van der Waals surface area contributed by atoms with Crippen molar-refractivity contribution < 1.29 is 9.90 Å². The molecule has 5 nitrogen and oxygen atoms in total. The highest BCUT2D eigenvalue weighted by Crippen LogP contribution is 2.14. The molecule has 0 aliphatic rings. The van der Waals surface area contributed by atoms with Crippen LogP contribution in [0.25, 0.3) is 0 Å². The zero-order valence-electron chi connectivity index (χ0n) is 12.0. The lowest BCUT2D eigenvalue weighted by molar-refractivity contribution is 0.0942. The molecule has 0 bridgehead atoms. The molecule has 0 aliphatic carbocycles. The number of aliphatic hydroxyl groups is 1. The Bertz CT molecular complexity index is 691. The maximum Gasteiger partial charge on any atom is 0.269 e. The Morgan fingerprint density at radius 2 is 2.33 bits per heavy atom. The van der Waals surface area contributed by atoms with Crippen LogP contribution in [0.15, 0.2) is 17.5 Å². The first-order valence-electron chi connectivity index (χ1n) is 6.62. The van der Waals surface area contributed by atoms with Gasteiger partial charge in [-0.1, -0.05) is 18.8 Å². The monoisotopic (exact) mass is 303 g/mol. The molecule has 1 amide bonds. The predicted molar refractivity (Wildman–Crippen MR) is 82.0 cm³/mol. The van der Waals surface area contributed by atoms with Gasteiger partial charge in [0.1, 0.15) is 12.3 Å². The van der Waals surface area contributed by atoms with Gasteiger partial charge in [0.15, 0.2) is 0 Å². The van der Waals surface area contributed by atoms with E-state index in [1.807, 2.05) is 24.4 Å². The number of aryl methyl sites for hydroxylation is 2. The van der Waals surface area contributed by atoms with Gasteiger partial charge in [-0.2, -0.15) is 5.10 Å². The molecule has 2 N–H and O–H groups in total. The van der Waals surface area contributed by atoms with Crippen molar-refractivity contribution in [2.45, 2.75) is 19.9 Å². The van der Waals surface area contributed by atoms with Gasteiger partial charge in [-0.25, -0.2) is 0 Å². The van der Waals surface area contributed by atoms with Crippen LogP contribution in [0.5, 0.6) is 0 Å². The fraction of sp³-hybridized carbons (Fsp3) is 0.333. The molecule has 2 heterocycles. The number of hydrogen-bond donors (Lipinski definition) is 2. The van der Waals surface area contributed by atoms with E-state index in [2.05, 4.69) is 22.3 Å². The Balaban J connectivity index is 1.97. The van der Waals surface area contributed by atoms with Gasteiger partial charge in [0.25, 0.3) is 5.91 Å². The summed E-state index contributed by atoms with van der Waals surface area (Å²) in [5.41, 5.74) is 2.32. The molecule has 0 atom stereocenters. The Morgan fingerprint density at radius 1 is 1.52 bits per heavy atom. The third-order valence-electron chi connectivity index (χ3n) is 2.91. The molecule has 2 aromatic heterocycles. The number of nitrogens with one attached hydrogen (secondary N) is 1. The molecule has 110 valence electrons. The molecule has 6 heteroatoms. The summed E-state index contributed by atoms with van der Waals surface area (Å²) in [5.74, 6) is 5.30. The summed E-state index contributed by atoms with van der Waals surface area (Å²) in [6.07, 6.45) is 0.804. The highest BCUT2D eigenvalue weighted by atomic mass is 32.1. The number of aromatic nitrogens is 2. The highest BCUT2D eigenvalue weighted by Gasteiger charge is 2.12. The third kappa shape index (κ3) is 3.94. The van der Waals surface area contributed by atoms with E-state index >= 15 is 0 Å². The fourth-order valence-corrected chi connectivity index (χ4v) is 2.61. The van der Waals surface area contributed by atoms with Gasteiger partial charge in [0.2, 0.25) is 0 Å². The van der Waals surface area contributed by atoms with E-state index in [1.165, 1.54) is 11.3 Å². The molecule has 21 heavy (non-hydrogen) atoms. The minimum absolute atomic E-state index is 0.138. The average molecular weight is 303 g/mol. The van der Waals surface area contributed by atoms with E-state index < -0.39 is 0 Å². The molecule has 0 aromatic carbocycles. The Kier molecular flexibility index (Phi) is 5.14. The quantitative estimate of drug-likeness (QED) is 0.837. The third-order valence-corrected chi connectivity index (χ3v) is 3.85. The van der Waals surface area contributed by atoms with E-state index in [4.69, 9.17) is 5.11 Å². The smallest absolute Gasteiger partial charge is 0.269 e. The highest BCUT2D eigenvalue weighted by molar-refractivity contribution is 7.10. The summed E-state index contributed by atoms with van der Waals surface area (Å²) < 4.78 is 1.60. The molecule has 0 saturated carbocycles. The summed E-state index contributed by atoms with van der Waals surface area (Å²) >= 11 is 1.53. The van der Waals surface area contributed by atoms with Gasteiger partial charge < -0.3 is 10.4 Å². The normalized spacial score (nSPS) is 10.0. The maximum absolute atomic E-state index is 12.1. The molecule has 0 fully saturated rings. The lowest BCUT2D eigenvalue weighted by atomic mass is 10.3. The first kappa shape index (κ1) is 15.3. The van der Waals surface area contributed by atoms with Crippen molar-refractivity contribution in [2.75, 3.05) is 6.61 Å². The van der Waals surface area contributed by atoms with Crippen LogP contribution in [-0.4, -0.2) is 27.4 Å². The topological polar surface area (TPSA) is 67.2 Å². The van der Waals surface area contributed by atoms with Gasteiger partial charge in [0, 0.05) is 22.9 Å². The van der Waals surface area contributed by atoms with E-state index in [9.17, 15) is 4.79 Å². The minimum Gasteiger partial charge on any atom is -0.384 e. The van der Waals surface area contributed by atoms with Crippen LogP contribution in [0.3, 0.4) is 0 Å². The van der Waals surface area contributed by atoms with Crippen molar-refractivity contribution in [3.8, 4) is 11.8 Å². The average Bonchev–Trinajstić information content (AvgIpc) is 3.09. The van der Waals surface area contributed by atoms with Gasteiger partial charge in [-0.15, -0.1) is 11.3 Å². The summed E-state index contributed by atoms with van der Waals surface area (Å²) in [5, 5.41) is 17.7. The molecule has 2 aromatic rings. The van der Waals surface area contributed by atoms with Crippen LogP contribution < -0.4 is 5.32 Å².